The van der Waals surface area contributed by atoms with Crippen molar-refractivity contribution < 1.29 is 143 Å². The van der Waals surface area contributed by atoms with Gasteiger partial charge >= 0.3 is 0 Å². The Morgan fingerprint density at radius 2 is 0.424 bits per heavy atom. The van der Waals surface area contributed by atoms with E-state index in [4.69, 9.17) is 30.9 Å². The zero-order valence-corrected chi connectivity index (χ0v) is 40.6. The average molecular weight is 1160 g/mol. The lowest BCUT2D eigenvalue weighted by atomic mass is 9.93. The molecule has 18 aromatic rings. The van der Waals surface area contributed by atoms with Gasteiger partial charge in [-0.2, -0.15) is 0 Å². The standard InChI is InChI=1S/C54H22N2O29/c57-19-3(4-9-22(60)28(66)32(70)36(74)46(9)82-44(4)35(73)30(19)68)8-25(63)49-15-5-1-2-6-16-50(39(77)38(76)45(6)79-41(5)8)80-42-10(7-20(58)26(64)31(69)27(65)21(7)59)24(62)34(72)51-17(42)56(16)14(2)54(85-51)53-13(1)55(15)18-43(81-53)12-11-23(61)29(67)33(71)37(75)47(11)83-48(12)40(78)52(18)84-49/h57-78H. The van der Waals surface area contributed by atoms with E-state index in [1.807, 2.05) is 0 Å². The minimum absolute atomic E-state index is 0.153. The van der Waals surface area contributed by atoms with Crippen molar-refractivity contribution in [1.29, 1.82) is 0 Å². The summed E-state index contributed by atoms with van der Waals surface area (Å²) in [5.41, 5.74) is -16.3. The molecule has 0 aliphatic carbocycles. The SMILES string of the molecule is Oc1c(O)c(O)c(-c2c(O)c(O)c3oc4c5oc6c7c(oc8c(O)c(O)c(O)c(O)c87)c(O)c7oc8c(O)c(-c9c(O)c(O)c(O)c%10oc%11c(O)c(O)c(O)c(O)c%11c9%10)c9oc%10c(O)c(O)c%11oc2c3n2c%11c%10c(c3c9c8n(c76)c53)c42)c(O)c1O. The van der Waals surface area contributed by atoms with E-state index in [-0.39, 0.29) is 49.1 Å². The quantitative estimate of drug-likeness (QED) is 0.0331. The molecule has 31 heteroatoms. The van der Waals surface area contributed by atoms with Crippen LogP contribution in [0.5, 0.6) is 126 Å². The lowest BCUT2D eigenvalue weighted by Gasteiger charge is -2.19. The van der Waals surface area contributed by atoms with E-state index in [0.717, 1.165) is 0 Å². The van der Waals surface area contributed by atoms with Gasteiger partial charge < -0.3 is 143 Å². The Morgan fingerprint density at radius 3 is 1.00 bits per heavy atom. The number of furan rings is 2. The average Bonchev–Trinajstić information content (AvgIpc) is 1.50. The Kier molecular flexibility index (Phi) is 7.07. The summed E-state index contributed by atoms with van der Waals surface area (Å²) in [6.45, 7) is 0. The van der Waals surface area contributed by atoms with Crippen molar-refractivity contribution in [3.05, 3.63) is 0 Å². The zero-order valence-electron chi connectivity index (χ0n) is 40.6. The van der Waals surface area contributed by atoms with Crippen molar-refractivity contribution >= 4 is 154 Å². The highest BCUT2D eigenvalue weighted by Gasteiger charge is 2.43. The van der Waals surface area contributed by atoms with Crippen LogP contribution in [0, 0.1) is 0 Å². The van der Waals surface area contributed by atoms with Crippen LogP contribution in [0.1, 0.15) is 0 Å². The second-order valence-electron chi connectivity index (χ2n) is 20.3. The highest BCUT2D eigenvalue weighted by atomic mass is 16.4. The van der Waals surface area contributed by atoms with Crippen LogP contribution in [0.25, 0.3) is 177 Å². The smallest absolute Gasteiger partial charge is 0.208 e. The van der Waals surface area contributed by atoms with Gasteiger partial charge in [0.05, 0.1) is 43.6 Å². The van der Waals surface area contributed by atoms with Crippen LogP contribution in [0.2, 0.25) is 0 Å². The summed E-state index contributed by atoms with van der Waals surface area (Å²) < 4.78 is 47.0. The van der Waals surface area contributed by atoms with Crippen LogP contribution in [0.3, 0.4) is 0 Å². The van der Waals surface area contributed by atoms with Crippen molar-refractivity contribution in [1.82, 2.24) is 8.80 Å². The molecule has 0 unspecified atom stereocenters. The fourth-order valence-electron chi connectivity index (χ4n) is 12.9. The van der Waals surface area contributed by atoms with Gasteiger partial charge in [-0.1, -0.05) is 0 Å². The Balaban J connectivity index is 1.18. The second-order valence-corrected chi connectivity index (χ2v) is 20.3. The van der Waals surface area contributed by atoms with E-state index in [1.165, 1.54) is 8.80 Å². The second kappa shape index (κ2) is 13.2. The molecule has 422 valence electrons. The van der Waals surface area contributed by atoms with E-state index in [0.29, 0.717) is 0 Å². The maximum atomic E-state index is 13.2. The number of fused-ring (bicyclic) bond motifs is 8. The number of hydrogen-bond acceptors (Lipinski definition) is 29. The molecule has 0 amide bonds. The number of phenolic OH excluding ortho intramolecular Hbond substituents is 22. The molecule has 0 bridgehead atoms. The van der Waals surface area contributed by atoms with Gasteiger partial charge in [-0.15, -0.1) is 0 Å². The topological polar surface area (TPSA) is 546 Å². The number of aromatic nitrogens is 2. The first kappa shape index (κ1) is 45.6. The summed E-state index contributed by atoms with van der Waals surface area (Å²) in [6, 6.07) is 0. The third kappa shape index (κ3) is 4.31. The Labute approximate surface area is 454 Å². The third-order valence-corrected chi connectivity index (χ3v) is 16.4. The van der Waals surface area contributed by atoms with Crippen LogP contribution >= 0.6 is 0 Å². The molecule has 31 nitrogen and oxygen atoms in total. The predicted molar refractivity (Wildman–Crippen MR) is 283 cm³/mol. The highest BCUT2D eigenvalue weighted by Crippen LogP contribution is 2.67. The molecule has 85 heavy (non-hydrogen) atoms. The van der Waals surface area contributed by atoms with Crippen molar-refractivity contribution in [3.63, 3.8) is 0 Å². The molecule has 0 radical (unpaired) electrons. The first-order valence-electron chi connectivity index (χ1n) is 24.1. The van der Waals surface area contributed by atoms with Crippen molar-refractivity contribution in [2.75, 3.05) is 0 Å². The monoisotopic (exact) mass is 1160 g/mol. The molecule has 18 rings (SSSR count). The van der Waals surface area contributed by atoms with Gasteiger partial charge in [0.1, 0.15) is 38.7 Å². The van der Waals surface area contributed by atoms with Gasteiger partial charge in [0.15, 0.2) is 102 Å². The van der Waals surface area contributed by atoms with Crippen molar-refractivity contribution in [3.8, 4) is 149 Å². The number of nitrogens with zero attached hydrogens (tertiary/aromatic N) is 2. The largest absolute Gasteiger partial charge is 0.504 e. The number of benzene rings is 9. The van der Waals surface area contributed by atoms with Gasteiger partial charge in [-0.3, -0.25) is 8.80 Å². The van der Waals surface area contributed by atoms with E-state index in [1.54, 1.807) is 0 Å². The summed E-state index contributed by atoms with van der Waals surface area (Å²) in [5, 5.41) is 249. The number of hydrogen-bond donors (Lipinski definition) is 22. The van der Waals surface area contributed by atoms with E-state index < -0.39 is 254 Å². The number of aromatic hydroxyl groups is 22. The number of phenols is 22. The predicted octanol–water partition coefficient (Wildman–Crippen LogP) is 9.51. The van der Waals surface area contributed by atoms with Crippen LogP contribution < -0.4 is 0 Å². The molecule has 0 atom stereocenters. The number of rotatable bonds is 2. The minimum Gasteiger partial charge on any atom is -0.504 e. The maximum Gasteiger partial charge on any atom is 0.208 e. The van der Waals surface area contributed by atoms with Gasteiger partial charge in [0.25, 0.3) is 0 Å². The van der Waals surface area contributed by atoms with Crippen LogP contribution in [-0.2, 0) is 0 Å². The van der Waals surface area contributed by atoms with E-state index in [2.05, 4.69) is 0 Å². The fourth-order valence-corrected chi connectivity index (χ4v) is 12.9. The molecular weight excluding hydrogens is 1140 g/mol. The lowest BCUT2D eigenvalue weighted by Crippen LogP contribution is -1.99. The molecule has 0 aliphatic rings. The molecule has 0 saturated heterocycles. The molecule has 9 aromatic carbocycles. The van der Waals surface area contributed by atoms with E-state index >= 15 is 0 Å². The third-order valence-electron chi connectivity index (χ3n) is 16.4. The summed E-state index contributed by atoms with van der Waals surface area (Å²) in [6.07, 6.45) is 0. The molecule has 9 heterocycles. The summed E-state index contributed by atoms with van der Waals surface area (Å²) in [5.74, 6) is -28.9. The van der Waals surface area contributed by atoms with Crippen LogP contribution in [0.15, 0.2) is 30.9 Å². The molecule has 0 aliphatic heterocycles. The fraction of sp³-hybridized carbons (Fsp3) is 0. The molecular formula is C54H22N2O29. The summed E-state index contributed by atoms with van der Waals surface area (Å²) in [4.78, 5) is 0. The Morgan fingerprint density at radius 1 is 0.141 bits per heavy atom. The molecule has 0 spiro atoms. The molecule has 0 fully saturated rings. The Bertz CT molecular complexity index is 6330. The Hall–Kier alpha value is -13.2. The first-order valence-corrected chi connectivity index (χ1v) is 24.1. The molecule has 0 saturated carbocycles. The molecule has 9 aromatic heterocycles. The normalized spacial score (nSPS) is 13.0. The summed E-state index contributed by atoms with van der Waals surface area (Å²) in [7, 11) is 0. The first-order chi connectivity index (χ1) is 40.4. The van der Waals surface area contributed by atoms with Crippen LogP contribution in [0.4, 0.5) is 0 Å². The highest BCUT2D eigenvalue weighted by molar-refractivity contribution is 6.45. The van der Waals surface area contributed by atoms with Gasteiger partial charge in [0, 0.05) is 21.7 Å². The van der Waals surface area contributed by atoms with Crippen molar-refractivity contribution in [2.24, 2.45) is 0 Å². The van der Waals surface area contributed by atoms with Crippen molar-refractivity contribution in [2.45, 2.75) is 0 Å². The zero-order chi connectivity index (χ0) is 59.3. The van der Waals surface area contributed by atoms with Crippen LogP contribution in [-0.4, -0.2) is 121 Å². The van der Waals surface area contributed by atoms with Gasteiger partial charge in [0.2, 0.25) is 97.4 Å². The van der Waals surface area contributed by atoms with Gasteiger partial charge in [-0.05, 0) is 0 Å². The maximum absolute atomic E-state index is 13.2. The van der Waals surface area contributed by atoms with Gasteiger partial charge in [-0.25, -0.2) is 0 Å². The summed E-state index contributed by atoms with van der Waals surface area (Å²) >= 11 is 0. The molecule has 22 N–H and O–H groups in total. The minimum atomic E-state index is -1.46. The van der Waals surface area contributed by atoms with E-state index in [9.17, 15) is 112 Å². The lowest BCUT2D eigenvalue weighted by molar-refractivity contribution is 0.329.